The van der Waals surface area contributed by atoms with Crippen LogP contribution in [0.25, 0.3) is 22.4 Å². The fourth-order valence-electron chi connectivity index (χ4n) is 3.65. The second-order valence-electron chi connectivity index (χ2n) is 7.01. The van der Waals surface area contributed by atoms with Crippen LogP contribution in [0.4, 0.5) is 5.82 Å². The van der Waals surface area contributed by atoms with Crippen LogP contribution in [0, 0.1) is 0 Å². The Hall–Kier alpha value is -3.98. The Morgan fingerprint density at radius 2 is 2.10 bits per heavy atom. The average Bonchev–Trinajstić information content (AvgIpc) is 3.38. The predicted molar refractivity (Wildman–Crippen MR) is 117 cm³/mol. The number of carbonyl (C=O) groups is 1. The fraction of sp³-hybridized carbons (Fsp3) is 0.0952. The van der Waals surface area contributed by atoms with Gasteiger partial charge in [-0.15, -0.1) is 5.10 Å². The third-order valence-electron chi connectivity index (χ3n) is 5.05. The van der Waals surface area contributed by atoms with E-state index in [1.807, 2.05) is 31.2 Å². The SMILES string of the molecule is CC(NC(=O)c1c(N)nn2cccnc12)c1cc(Cl)c2ccnn2c1-c1cccnc1. The molecule has 9 nitrogen and oxygen atoms in total. The number of nitrogen functional groups attached to an aromatic ring is 1. The van der Waals surface area contributed by atoms with E-state index in [4.69, 9.17) is 17.3 Å². The number of hydrogen-bond acceptors (Lipinski definition) is 6. The molecule has 154 valence electrons. The topological polar surface area (TPSA) is 116 Å². The van der Waals surface area contributed by atoms with E-state index in [0.717, 1.165) is 22.3 Å². The van der Waals surface area contributed by atoms with E-state index < -0.39 is 6.04 Å². The van der Waals surface area contributed by atoms with Gasteiger partial charge in [-0.2, -0.15) is 5.10 Å². The molecule has 3 N–H and O–H groups in total. The zero-order valence-electron chi connectivity index (χ0n) is 16.4. The van der Waals surface area contributed by atoms with Crippen LogP contribution >= 0.6 is 11.6 Å². The van der Waals surface area contributed by atoms with E-state index in [2.05, 4.69) is 25.5 Å². The van der Waals surface area contributed by atoms with Gasteiger partial charge in [0.25, 0.3) is 5.91 Å². The minimum atomic E-state index is -0.424. The van der Waals surface area contributed by atoms with Crippen molar-refractivity contribution in [2.24, 2.45) is 0 Å². The number of anilines is 1. The Labute approximate surface area is 181 Å². The number of nitrogens with one attached hydrogen (secondary N) is 1. The van der Waals surface area contributed by atoms with E-state index in [9.17, 15) is 4.79 Å². The molecular formula is C21H17ClN8O. The molecule has 0 saturated carbocycles. The van der Waals surface area contributed by atoms with Gasteiger partial charge in [0.1, 0.15) is 5.56 Å². The summed E-state index contributed by atoms with van der Waals surface area (Å²) in [5, 5.41) is 12.1. The van der Waals surface area contributed by atoms with Crippen molar-refractivity contribution in [3.8, 4) is 11.3 Å². The number of aromatic nitrogens is 6. The molecule has 0 fully saturated rings. The van der Waals surface area contributed by atoms with Crippen LogP contribution in [0.3, 0.4) is 0 Å². The normalized spacial score (nSPS) is 12.3. The molecule has 0 saturated heterocycles. The van der Waals surface area contributed by atoms with E-state index in [-0.39, 0.29) is 17.3 Å². The highest BCUT2D eigenvalue weighted by atomic mass is 35.5. The number of pyridine rings is 2. The molecule has 0 aliphatic heterocycles. The summed E-state index contributed by atoms with van der Waals surface area (Å²) < 4.78 is 3.23. The zero-order valence-corrected chi connectivity index (χ0v) is 17.2. The van der Waals surface area contributed by atoms with Crippen LogP contribution in [0.1, 0.15) is 28.9 Å². The van der Waals surface area contributed by atoms with Crippen molar-refractivity contribution in [2.75, 3.05) is 5.73 Å². The molecule has 5 aromatic rings. The molecule has 0 aliphatic carbocycles. The first-order valence-electron chi connectivity index (χ1n) is 9.51. The van der Waals surface area contributed by atoms with Gasteiger partial charge in [-0.05, 0) is 37.3 Å². The Morgan fingerprint density at radius 1 is 1.23 bits per heavy atom. The summed E-state index contributed by atoms with van der Waals surface area (Å²) in [6, 6.07) is 8.74. The number of rotatable bonds is 4. The van der Waals surface area contributed by atoms with Crippen molar-refractivity contribution >= 4 is 34.5 Å². The molecule has 0 radical (unpaired) electrons. The van der Waals surface area contributed by atoms with Crippen LogP contribution < -0.4 is 11.1 Å². The van der Waals surface area contributed by atoms with E-state index >= 15 is 0 Å². The van der Waals surface area contributed by atoms with Gasteiger partial charge in [0.2, 0.25) is 0 Å². The summed E-state index contributed by atoms with van der Waals surface area (Å²) in [5.41, 5.74) is 9.79. The van der Waals surface area contributed by atoms with Crippen LogP contribution in [0.15, 0.2) is 61.3 Å². The largest absolute Gasteiger partial charge is 0.381 e. The summed E-state index contributed by atoms with van der Waals surface area (Å²) >= 11 is 6.51. The number of fused-ring (bicyclic) bond motifs is 2. The van der Waals surface area contributed by atoms with Crippen LogP contribution in [0.5, 0.6) is 0 Å². The first-order chi connectivity index (χ1) is 15.0. The Bertz CT molecular complexity index is 1430. The molecular weight excluding hydrogens is 416 g/mol. The van der Waals surface area contributed by atoms with Crippen LogP contribution in [-0.4, -0.2) is 35.1 Å². The first-order valence-corrected chi connectivity index (χ1v) is 9.88. The van der Waals surface area contributed by atoms with Gasteiger partial charge in [0.05, 0.1) is 28.5 Å². The standard InChI is InChI=1S/C21H17ClN8O/c1-12(27-21(31)17-19(23)28-29-9-3-7-25-20(17)29)14-10-15(22)16-5-8-26-30(16)18(14)13-4-2-6-24-11-13/h2-12H,1H3,(H2,23,28)(H,27,31). The van der Waals surface area contributed by atoms with Gasteiger partial charge in [-0.1, -0.05) is 11.6 Å². The number of halogens is 1. The highest BCUT2D eigenvalue weighted by molar-refractivity contribution is 6.34. The van der Waals surface area contributed by atoms with Gasteiger partial charge in [0.15, 0.2) is 11.5 Å². The first kappa shape index (κ1) is 19.0. The van der Waals surface area contributed by atoms with Gasteiger partial charge in [-0.3, -0.25) is 9.78 Å². The Balaban J connectivity index is 1.59. The van der Waals surface area contributed by atoms with Crippen molar-refractivity contribution in [1.82, 2.24) is 34.5 Å². The van der Waals surface area contributed by atoms with E-state index in [0.29, 0.717) is 10.7 Å². The van der Waals surface area contributed by atoms with Crippen molar-refractivity contribution in [3.63, 3.8) is 0 Å². The Morgan fingerprint density at radius 3 is 2.90 bits per heavy atom. The van der Waals surface area contributed by atoms with Crippen molar-refractivity contribution < 1.29 is 4.79 Å². The van der Waals surface area contributed by atoms with E-state index in [1.165, 1.54) is 4.52 Å². The lowest BCUT2D eigenvalue weighted by atomic mass is 10.0. The van der Waals surface area contributed by atoms with Crippen LogP contribution in [-0.2, 0) is 0 Å². The lowest BCUT2D eigenvalue weighted by Gasteiger charge is -2.20. The highest BCUT2D eigenvalue weighted by Gasteiger charge is 2.24. The zero-order chi connectivity index (χ0) is 21.5. The maximum atomic E-state index is 13.1. The van der Waals surface area contributed by atoms with E-state index in [1.54, 1.807) is 41.6 Å². The highest BCUT2D eigenvalue weighted by Crippen LogP contribution is 2.33. The maximum absolute atomic E-state index is 13.1. The lowest BCUT2D eigenvalue weighted by molar-refractivity contribution is 0.0942. The summed E-state index contributed by atoms with van der Waals surface area (Å²) in [4.78, 5) is 21.6. The number of carbonyl (C=O) groups excluding carboxylic acids is 1. The molecule has 1 atom stereocenters. The Kier molecular flexibility index (Phi) is 4.52. The number of nitrogens with two attached hydrogens (primary N) is 1. The molecule has 5 heterocycles. The summed E-state index contributed by atoms with van der Waals surface area (Å²) in [6.07, 6.45) is 8.40. The van der Waals surface area contributed by atoms with Crippen LogP contribution in [0.2, 0.25) is 5.02 Å². The quantitative estimate of drug-likeness (QED) is 0.450. The molecule has 0 aliphatic rings. The third-order valence-corrected chi connectivity index (χ3v) is 5.36. The molecule has 1 amide bonds. The monoisotopic (exact) mass is 432 g/mol. The fourth-order valence-corrected chi connectivity index (χ4v) is 3.91. The van der Waals surface area contributed by atoms with Gasteiger partial charge in [-0.25, -0.2) is 14.0 Å². The second-order valence-corrected chi connectivity index (χ2v) is 7.42. The predicted octanol–water partition coefficient (Wildman–Crippen LogP) is 3.17. The van der Waals surface area contributed by atoms with Crippen molar-refractivity contribution in [3.05, 3.63) is 77.5 Å². The summed E-state index contributed by atoms with van der Waals surface area (Å²) in [7, 11) is 0. The molecule has 0 bridgehead atoms. The second kappa shape index (κ2) is 7.37. The molecule has 0 aromatic carbocycles. The average molecular weight is 433 g/mol. The maximum Gasteiger partial charge on any atom is 0.259 e. The van der Waals surface area contributed by atoms with Gasteiger partial charge in [0, 0.05) is 35.9 Å². The molecule has 0 spiro atoms. The molecule has 31 heavy (non-hydrogen) atoms. The number of amides is 1. The van der Waals surface area contributed by atoms with Gasteiger partial charge >= 0.3 is 0 Å². The number of hydrogen-bond donors (Lipinski definition) is 2. The summed E-state index contributed by atoms with van der Waals surface area (Å²) in [5.74, 6) is -0.274. The van der Waals surface area contributed by atoms with Crippen molar-refractivity contribution in [1.29, 1.82) is 0 Å². The molecule has 10 heteroatoms. The molecule has 5 aromatic heterocycles. The van der Waals surface area contributed by atoms with Crippen molar-refractivity contribution in [2.45, 2.75) is 13.0 Å². The van der Waals surface area contributed by atoms with Gasteiger partial charge < -0.3 is 11.1 Å². The molecule has 1 unspecified atom stereocenters. The molecule has 5 rings (SSSR count). The number of nitrogens with zero attached hydrogens (tertiary/aromatic N) is 6. The smallest absolute Gasteiger partial charge is 0.259 e. The lowest BCUT2D eigenvalue weighted by Crippen LogP contribution is -2.28. The summed E-state index contributed by atoms with van der Waals surface area (Å²) in [6.45, 7) is 1.87. The third kappa shape index (κ3) is 3.15. The minimum Gasteiger partial charge on any atom is -0.381 e. The minimum absolute atomic E-state index is 0.108.